The van der Waals surface area contributed by atoms with Crippen molar-refractivity contribution in [2.24, 2.45) is 11.7 Å². The molecule has 1 aliphatic rings. The average molecular weight is 270 g/mol. The molecule has 0 spiro atoms. The van der Waals surface area contributed by atoms with Gasteiger partial charge in [0.1, 0.15) is 0 Å². The SMILES string of the molecule is CCCCCCCC(CN)N(C)CC1CCCOC1. The second kappa shape index (κ2) is 10.6. The highest BCUT2D eigenvalue weighted by Crippen LogP contribution is 2.17. The van der Waals surface area contributed by atoms with E-state index in [2.05, 4.69) is 18.9 Å². The lowest BCUT2D eigenvalue weighted by molar-refractivity contribution is 0.0359. The van der Waals surface area contributed by atoms with Crippen molar-refractivity contribution >= 4 is 0 Å². The number of likely N-dealkylation sites (N-methyl/N-ethyl adjacent to an activating group) is 1. The molecular weight excluding hydrogens is 236 g/mol. The van der Waals surface area contributed by atoms with Crippen molar-refractivity contribution in [1.29, 1.82) is 0 Å². The molecule has 114 valence electrons. The molecule has 0 aromatic carbocycles. The zero-order chi connectivity index (χ0) is 13.9. The van der Waals surface area contributed by atoms with Crippen LogP contribution in [0.2, 0.25) is 0 Å². The van der Waals surface area contributed by atoms with Gasteiger partial charge < -0.3 is 15.4 Å². The first-order chi connectivity index (χ1) is 9.27. The van der Waals surface area contributed by atoms with Crippen LogP contribution >= 0.6 is 0 Å². The Labute approximate surface area is 119 Å². The second-order valence-electron chi connectivity index (χ2n) is 6.12. The van der Waals surface area contributed by atoms with Crippen molar-refractivity contribution in [3.63, 3.8) is 0 Å². The highest BCUT2D eigenvalue weighted by Gasteiger charge is 2.19. The monoisotopic (exact) mass is 270 g/mol. The minimum absolute atomic E-state index is 0.559. The number of nitrogens with zero attached hydrogens (tertiary/aromatic N) is 1. The van der Waals surface area contributed by atoms with Crippen LogP contribution in [0.1, 0.15) is 58.3 Å². The van der Waals surface area contributed by atoms with Crippen molar-refractivity contribution in [2.75, 3.05) is 33.4 Å². The van der Waals surface area contributed by atoms with Crippen LogP contribution in [0.3, 0.4) is 0 Å². The minimum Gasteiger partial charge on any atom is -0.381 e. The molecule has 0 amide bonds. The van der Waals surface area contributed by atoms with Crippen LogP contribution in [-0.4, -0.2) is 44.3 Å². The van der Waals surface area contributed by atoms with E-state index in [1.807, 2.05) is 0 Å². The molecule has 3 heteroatoms. The Kier molecular flexibility index (Phi) is 9.48. The summed E-state index contributed by atoms with van der Waals surface area (Å²) < 4.78 is 5.56. The van der Waals surface area contributed by atoms with Crippen molar-refractivity contribution in [3.05, 3.63) is 0 Å². The van der Waals surface area contributed by atoms with Gasteiger partial charge in [-0.2, -0.15) is 0 Å². The van der Waals surface area contributed by atoms with Gasteiger partial charge >= 0.3 is 0 Å². The number of hydrogen-bond acceptors (Lipinski definition) is 3. The fraction of sp³-hybridized carbons (Fsp3) is 1.00. The van der Waals surface area contributed by atoms with Gasteiger partial charge in [-0.3, -0.25) is 0 Å². The molecule has 2 N–H and O–H groups in total. The lowest BCUT2D eigenvalue weighted by atomic mass is 9.99. The highest BCUT2D eigenvalue weighted by molar-refractivity contribution is 4.74. The summed E-state index contributed by atoms with van der Waals surface area (Å²) in [6.45, 7) is 6.10. The van der Waals surface area contributed by atoms with Gasteiger partial charge in [-0.25, -0.2) is 0 Å². The van der Waals surface area contributed by atoms with E-state index in [1.54, 1.807) is 0 Å². The summed E-state index contributed by atoms with van der Waals surface area (Å²) in [4.78, 5) is 2.47. The normalized spacial score (nSPS) is 21.8. The van der Waals surface area contributed by atoms with Crippen LogP contribution in [0.25, 0.3) is 0 Å². The van der Waals surface area contributed by atoms with Gasteiger partial charge in [0, 0.05) is 25.7 Å². The van der Waals surface area contributed by atoms with E-state index in [9.17, 15) is 0 Å². The van der Waals surface area contributed by atoms with Gasteiger partial charge in [0.15, 0.2) is 0 Å². The molecule has 0 bridgehead atoms. The van der Waals surface area contributed by atoms with Gasteiger partial charge in [0.25, 0.3) is 0 Å². The Morgan fingerprint density at radius 1 is 1.26 bits per heavy atom. The van der Waals surface area contributed by atoms with Crippen LogP contribution in [0.4, 0.5) is 0 Å². The predicted octanol–water partition coefficient (Wildman–Crippen LogP) is 3.03. The molecule has 0 aromatic rings. The summed E-state index contributed by atoms with van der Waals surface area (Å²) in [5.74, 6) is 0.716. The number of hydrogen-bond donors (Lipinski definition) is 1. The molecule has 1 aliphatic heterocycles. The lowest BCUT2D eigenvalue weighted by Gasteiger charge is -2.32. The Balaban J connectivity index is 2.16. The largest absolute Gasteiger partial charge is 0.381 e. The van der Waals surface area contributed by atoms with Crippen molar-refractivity contribution < 1.29 is 4.74 Å². The quantitative estimate of drug-likeness (QED) is 0.620. The van der Waals surface area contributed by atoms with Crippen molar-refractivity contribution in [3.8, 4) is 0 Å². The smallest absolute Gasteiger partial charge is 0.0506 e. The second-order valence-corrected chi connectivity index (χ2v) is 6.12. The Bertz CT molecular complexity index is 205. The van der Waals surface area contributed by atoms with E-state index < -0.39 is 0 Å². The van der Waals surface area contributed by atoms with E-state index in [1.165, 1.54) is 51.4 Å². The van der Waals surface area contributed by atoms with E-state index in [4.69, 9.17) is 10.5 Å². The first-order valence-corrected chi connectivity index (χ1v) is 8.26. The van der Waals surface area contributed by atoms with Crippen molar-refractivity contribution in [2.45, 2.75) is 64.3 Å². The molecule has 1 saturated heterocycles. The molecule has 0 aliphatic carbocycles. The van der Waals surface area contributed by atoms with Crippen LogP contribution in [0.15, 0.2) is 0 Å². The number of ether oxygens (including phenoxy) is 1. The highest BCUT2D eigenvalue weighted by atomic mass is 16.5. The zero-order valence-electron chi connectivity index (χ0n) is 13.1. The van der Waals surface area contributed by atoms with E-state index >= 15 is 0 Å². The average Bonchev–Trinajstić information content (AvgIpc) is 2.44. The third kappa shape index (κ3) is 7.28. The number of unbranched alkanes of at least 4 members (excludes halogenated alkanes) is 4. The molecular formula is C16H34N2O. The summed E-state index contributed by atoms with van der Waals surface area (Å²) in [5, 5.41) is 0. The maximum absolute atomic E-state index is 5.95. The fourth-order valence-corrected chi connectivity index (χ4v) is 3.01. The topological polar surface area (TPSA) is 38.5 Å². The number of rotatable bonds is 10. The van der Waals surface area contributed by atoms with Gasteiger partial charge in [-0.05, 0) is 32.2 Å². The van der Waals surface area contributed by atoms with Crippen LogP contribution < -0.4 is 5.73 Å². The third-order valence-electron chi connectivity index (χ3n) is 4.34. The van der Waals surface area contributed by atoms with Crippen LogP contribution in [-0.2, 0) is 4.74 Å². The summed E-state index contributed by atoms with van der Waals surface area (Å²) in [7, 11) is 2.23. The predicted molar refractivity (Wildman–Crippen MR) is 82.4 cm³/mol. The van der Waals surface area contributed by atoms with E-state index in [0.717, 1.165) is 26.3 Å². The number of nitrogens with two attached hydrogens (primary N) is 1. The molecule has 0 radical (unpaired) electrons. The lowest BCUT2D eigenvalue weighted by Crippen LogP contribution is -2.42. The first kappa shape index (κ1) is 16.9. The summed E-state index contributed by atoms with van der Waals surface area (Å²) in [5.41, 5.74) is 5.95. The van der Waals surface area contributed by atoms with Crippen molar-refractivity contribution in [1.82, 2.24) is 4.90 Å². The Morgan fingerprint density at radius 2 is 2.05 bits per heavy atom. The van der Waals surface area contributed by atoms with Gasteiger partial charge in [0.2, 0.25) is 0 Å². The molecule has 1 heterocycles. The maximum Gasteiger partial charge on any atom is 0.0506 e. The first-order valence-electron chi connectivity index (χ1n) is 8.26. The molecule has 1 rings (SSSR count). The Morgan fingerprint density at radius 3 is 2.68 bits per heavy atom. The molecule has 2 unspecified atom stereocenters. The summed E-state index contributed by atoms with van der Waals surface area (Å²) >= 11 is 0. The molecule has 1 fully saturated rings. The molecule has 0 aromatic heterocycles. The minimum atomic E-state index is 0.559. The molecule has 19 heavy (non-hydrogen) atoms. The third-order valence-corrected chi connectivity index (χ3v) is 4.34. The molecule has 3 nitrogen and oxygen atoms in total. The fourth-order valence-electron chi connectivity index (χ4n) is 3.01. The molecule has 0 saturated carbocycles. The van der Waals surface area contributed by atoms with Gasteiger partial charge in [-0.15, -0.1) is 0 Å². The van der Waals surface area contributed by atoms with E-state index in [-0.39, 0.29) is 0 Å². The maximum atomic E-state index is 5.95. The molecule has 2 atom stereocenters. The van der Waals surface area contributed by atoms with Crippen LogP contribution in [0.5, 0.6) is 0 Å². The van der Waals surface area contributed by atoms with Crippen LogP contribution in [0, 0.1) is 5.92 Å². The Hall–Kier alpha value is -0.120. The van der Waals surface area contributed by atoms with Gasteiger partial charge in [0.05, 0.1) is 6.61 Å². The summed E-state index contributed by atoms with van der Waals surface area (Å²) in [6, 6.07) is 0.559. The van der Waals surface area contributed by atoms with E-state index in [0.29, 0.717) is 12.0 Å². The zero-order valence-corrected chi connectivity index (χ0v) is 13.1. The van der Waals surface area contributed by atoms with Gasteiger partial charge in [-0.1, -0.05) is 39.0 Å². The summed E-state index contributed by atoms with van der Waals surface area (Å²) in [6.07, 6.45) is 10.6. The standard InChI is InChI=1S/C16H34N2O/c1-3-4-5-6-7-10-16(12-17)18(2)13-15-9-8-11-19-14-15/h15-16H,3-14,17H2,1-2H3.